The number of nitrogens with one attached hydrogen (secondary N) is 1. The number of carbonyl (C=O) groups is 1. The molecule has 1 aliphatic heterocycles. The van der Waals surface area contributed by atoms with E-state index in [1.165, 1.54) is 17.8 Å². The standard InChI is InChI=1S/C14H16N4OS/c1-18-8-3-6-12(18)10-4-2-5-11(16-10)13(19)17-14-15-7-9-20-14/h2,4-5,7,9,12H,3,6,8H2,1H3,(H,15,17,19). The van der Waals surface area contributed by atoms with E-state index in [2.05, 4.69) is 27.2 Å². The molecule has 0 aliphatic carbocycles. The van der Waals surface area contributed by atoms with Crippen LogP contribution in [0.4, 0.5) is 5.13 Å². The zero-order valence-corrected chi connectivity index (χ0v) is 12.1. The van der Waals surface area contributed by atoms with E-state index in [0.717, 1.165) is 18.7 Å². The second-order valence-corrected chi connectivity index (χ2v) is 5.77. The summed E-state index contributed by atoms with van der Waals surface area (Å²) in [6.45, 7) is 1.09. The minimum absolute atomic E-state index is 0.206. The second-order valence-electron chi connectivity index (χ2n) is 4.88. The highest BCUT2D eigenvalue weighted by atomic mass is 32.1. The van der Waals surface area contributed by atoms with Crippen LogP contribution in [0.25, 0.3) is 0 Å². The zero-order valence-electron chi connectivity index (χ0n) is 11.2. The van der Waals surface area contributed by atoms with E-state index >= 15 is 0 Å². The number of carbonyl (C=O) groups excluding carboxylic acids is 1. The quantitative estimate of drug-likeness (QED) is 0.943. The number of nitrogens with zero attached hydrogens (tertiary/aromatic N) is 3. The van der Waals surface area contributed by atoms with Crippen LogP contribution in [0.5, 0.6) is 0 Å². The summed E-state index contributed by atoms with van der Waals surface area (Å²) in [7, 11) is 2.10. The maximum atomic E-state index is 12.1. The number of anilines is 1. The van der Waals surface area contributed by atoms with E-state index in [1.54, 1.807) is 12.3 Å². The maximum Gasteiger partial charge on any atom is 0.276 e. The van der Waals surface area contributed by atoms with Crippen molar-refractivity contribution >= 4 is 22.4 Å². The fourth-order valence-electron chi connectivity index (χ4n) is 2.49. The van der Waals surface area contributed by atoms with Gasteiger partial charge in [0.2, 0.25) is 0 Å². The Hall–Kier alpha value is -1.79. The molecular formula is C14H16N4OS. The average Bonchev–Trinajstić information content (AvgIpc) is 3.10. The molecule has 0 aromatic carbocycles. The Morgan fingerprint density at radius 1 is 1.50 bits per heavy atom. The molecular weight excluding hydrogens is 272 g/mol. The first-order chi connectivity index (χ1) is 9.74. The molecule has 3 rings (SSSR count). The Bertz CT molecular complexity index is 599. The topological polar surface area (TPSA) is 58.1 Å². The van der Waals surface area contributed by atoms with Crippen molar-refractivity contribution in [1.29, 1.82) is 0 Å². The van der Waals surface area contributed by atoms with Crippen LogP contribution in [-0.4, -0.2) is 34.4 Å². The highest BCUT2D eigenvalue weighted by Gasteiger charge is 2.24. The van der Waals surface area contributed by atoms with Gasteiger partial charge in [0.05, 0.1) is 11.7 Å². The van der Waals surface area contributed by atoms with Crippen molar-refractivity contribution in [2.45, 2.75) is 18.9 Å². The highest BCUT2D eigenvalue weighted by Crippen LogP contribution is 2.29. The van der Waals surface area contributed by atoms with Crippen molar-refractivity contribution in [3.05, 3.63) is 41.2 Å². The zero-order chi connectivity index (χ0) is 13.9. The Morgan fingerprint density at radius 2 is 2.40 bits per heavy atom. The third kappa shape index (κ3) is 2.71. The minimum Gasteiger partial charge on any atom is -0.298 e. The molecule has 0 saturated carbocycles. The largest absolute Gasteiger partial charge is 0.298 e. The van der Waals surface area contributed by atoms with E-state index in [9.17, 15) is 4.79 Å². The lowest BCUT2D eigenvalue weighted by Gasteiger charge is -2.19. The van der Waals surface area contributed by atoms with Crippen LogP contribution in [0, 0.1) is 0 Å². The summed E-state index contributed by atoms with van der Waals surface area (Å²) in [6.07, 6.45) is 3.94. The van der Waals surface area contributed by atoms with Crippen LogP contribution in [0.1, 0.15) is 35.1 Å². The molecule has 5 nitrogen and oxygen atoms in total. The maximum absolute atomic E-state index is 12.1. The summed E-state index contributed by atoms with van der Waals surface area (Å²) in [5.74, 6) is -0.206. The van der Waals surface area contributed by atoms with Crippen LogP contribution in [0.2, 0.25) is 0 Å². The van der Waals surface area contributed by atoms with Gasteiger partial charge in [-0.05, 0) is 38.6 Å². The molecule has 1 N–H and O–H groups in total. The number of hydrogen-bond donors (Lipinski definition) is 1. The molecule has 1 unspecified atom stereocenters. The first-order valence-corrected chi connectivity index (χ1v) is 7.50. The SMILES string of the molecule is CN1CCCC1c1cccc(C(=O)Nc2nccs2)n1. The molecule has 2 aromatic rings. The number of thiazole rings is 1. The molecule has 1 aliphatic rings. The van der Waals surface area contributed by atoms with Gasteiger partial charge in [0.15, 0.2) is 5.13 Å². The Morgan fingerprint density at radius 3 is 3.10 bits per heavy atom. The smallest absolute Gasteiger partial charge is 0.276 e. The molecule has 0 spiro atoms. The van der Waals surface area contributed by atoms with Crippen molar-refractivity contribution in [3.63, 3.8) is 0 Å². The number of likely N-dealkylation sites (tertiary alicyclic amines) is 1. The van der Waals surface area contributed by atoms with Crippen LogP contribution in [-0.2, 0) is 0 Å². The van der Waals surface area contributed by atoms with Crippen molar-refractivity contribution in [3.8, 4) is 0 Å². The Balaban J connectivity index is 1.78. The molecule has 1 saturated heterocycles. The Kier molecular flexibility index (Phi) is 3.75. The highest BCUT2D eigenvalue weighted by molar-refractivity contribution is 7.13. The summed E-state index contributed by atoms with van der Waals surface area (Å²) >= 11 is 1.40. The average molecular weight is 288 g/mol. The van der Waals surface area contributed by atoms with Crippen molar-refractivity contribution < 1.29 is 4.79 Å². The van der Waals surface area contributed by atoms with E-state index in [-0.39, 0.29) is 5.91 Å². The van der Waals surface area contributed by atoms with Gasteiger partial charge in [-0.2, -0.15) is 0 Å². The fourth-order valence-corrected chi connectivity index (χ4v) is 3.02. The lowest BCUT2D eigenvalue weighted by molar-refractivity contribution is 0.102. The van der Waals surface area contributed by atoms with Gasteiger partial charge in [-0.1, -0.05) is 6.07 Å². The second kappa shape index (κ2) is 5.68. The summed E-state index contributed by atoms with van der Waals surface area (Å²) < 4.78 is 0. The third-order valence-corrected chi connectivity index (χ3v) is 4.21. The minimum atomic E-state index is -0.206. The molecule has 104 valence electrons. The Labute approximate surface area is 121 Å². The van der Waals surface area contributed by atoms with E-state index in [4.69, 9.17) is 0 Å². The predicted octanol–water partition coefficient (Wildman–Crippen LogP) is 2.56. The molecule has 6 heteroatoms. The number of amides is 1. The number of aromatic nitrogens is 2. The van der Waals surface area contributed by atoms with Gasteiger partial charge >= 0.3 is 0 Å². The number of rotatable bonds is 3. The van der Waals surface area contributed by atoms with Gasteiger partial charge in [-0.25, -0.2) is 9.97 Å². The lowest BCUT2D eigenvalue weighted by atomic mass is 10.1. The molecule has 20 heavy (non-hydrogen) atoms. The summed E-state index contributed by atoms with van der Waals surface area (Å²) in [6, 6.07) is 5.95. The van der Waals surface area contributed by atoms with Gasteiger partial charge < -0.3 is 0 Å². The van der Waals surface area contributed by atoms with E-state index in [0.29, 0.717) is 16.9 Å². The molecule has 0 radical (unpaired) electrons. The molecule has 2 aromatic heterocycles. The van der Waals surface area contributed by atoms with Crippen molar-refractivity contribution in [2.24, 2.45) is 0 Å². The summed E-state index contributed by atoms with van der Waals surface area (Å²) in [5.41, 5.74) is 1.41. The first kappa shape index (κ1) is 13.2. The molecule has 3 heterocycles. The third-order valence-electron chi connectivity index (χ3n) is 3.52. The van der Waals surface area contributed by atoms with Gasteiger partial charge in [0.1, 0.15) is 5.69 Å². The van der Waals surface area contributed by atoms with Crippen molar-refractivity contribution in [2.75, 3.05) is 18.9 Å². The first-order valence-electron chi connectivity index (χ1n) is 6.62. The van der Waals surface area contributed by atoms with Gasteiger partial charge in [0.25, 0.3) is 5.91 Å². The molecule has 0 bridgehead atoms. The van der Waals surface area contributed by atoms with E-state index < -0.39 is 0 Å². The number of hydrogen-bond acceptors (Lipinski definition) is 5. The van der Waals surface area contributed by atoms with Crippen LogP contribution < -0.4 is 5.32 Å². The normalized spacial score (nSPS) is 19.1. The van der Waals surface area contributed by atoms with E-state index in [1.807, 2.05) is 17.5 Å². The van der Waals surface area contributed by atoms with Crippen LogP contribution in [0.3, 0.4) is 0 Å². The molecule has 1 fully saturated rings. The molecule has 1 atom stereocenters. The predicted molar refractivity (Wildman–Crippen MR) is 78.9 cm³/mol. The van der Waals surface area contributed by atoms with Crippen LogP contribution >= 0.6 is 11.3 Å². The van der Waals surface area contributed by atoms with Gasteiger partial charge in [0, 0.05) is 11.6 Å². The summed E-state index contributed by atoms with van der Waals surface area (Å²) in [4.78, 5) is 23.0. The van der Waals surface area contributed by atoms with Crippen molar-refractivity contribution in [1.82, 2.24) is 14.9 Å². The summed E-state index contributed by atoms with van der Waals surface area (Å²) in [5, 5.41) is 5.18. The van der Waals surface area contributed by atoms with Gasteiger partial charge in [-0.3, -0.25) is 15.0 Å². The van der Waals surface area contributed by atoms with Crippen LogP contribution in [0.15, 0.2) is 29.8 Å². The monoisotopic (exact) mass is 288 g/mol. The number of pyridine rings is 1. The molecule has 1 amide bonds. The van der Waals surface area contributed by atoms with Gasteiger partial charge in [-0.15, -0.1) is 11.3 Å². The lowest BCUT2D eigenvalue weighted by Crippen LogP contribution is -2.20. The fraction of sp³-hybridized carbons (Fsp3) is 0.357.